The van der Waals surface area contributed by atoms with Crippen molar-refractivity contribution >= 4 is 27.5 Å². The fraction of sp³-hybridized carbons (Fsp3) is 0. The van der Waals surface area contributed by atoms with Crippen molar-refractivity contribution < 1.29 is 4.79 Å². The van der Waals surface area contributed by atoms with Gasteiger partial charge in [-0.25, -0.2) is 4.98 Å². The average molecular weight is 343 g/mol. The lowest BCUT2D eigenvalue weighted by Crippen LogP contribution is -2.13. The summed E-state index contributed by atoms with van der Waals surface area (Å²) in [6.07, 6.45) is 3.31. The number of anilines is 1. The lowest BCUT2D eigenvalue weighted by atomic mass is 10.1. The van der Waals surface area contributed by atoms with Crippen LogP contribution in [0.2, 0.25) is 0 Å². The Balaban J connectivity index is 1.84. The zero-order valence-corrected chi connectivity index (χ0v) is 12.5. The summed E-state index contributed by atoms with van der Waals surface area (Å²) in [7, 11) is 0. The summed E-state index contributed by atoms with van der Waals surface area (Å²) in [4.78, 5) is 16.3. The van der Waals surface area contributed by atoms with Crippen molar-refractivity contribution in [3.05, 3.63) is 65.0 Å². The molecule has 0 bridgehead atoms. The van der Waals surface area contributed by atoms with Crippen molar-refractivity contribution in [2.45, 2.75) is 0 Å². The van der Waals surface area contributed by atoms with Gasteiger partial charge in [0.15, 0.2) is 0 Å². The van der Waals surface area contributed by atoms with E-state index in [1.54, 1.807) is 24.5 Å². The van der Waals surface area contributed by atoms with Gasteiger partial charge >= 0.3 is 0 Å². The maximum absolute atomic E-state index is 12.2. The normalized spacial score (nSPS) is 10.3. The number of carbonyl (C=O) groups is 1. The molecule has 3 aromatic rings. The third-order valence-electron chi connectivity index (χ3n) is 2.94. The van der Waals surface area contributed by atoms with Crippen molar-refractivity contribution in [3.63, 3.8) is 0 Å². The van der Waals surface area contributed by atoms with Crippen molar-refractivity contribution in [1.82, 2.24) is 15.2 Å². The van der Waals surface area contributed by atoms with Crippen LogP contribution in [0.1, 0.15) is 10.4 Å². The van der Waals surface area contributed by atoms with Gasteiger partial charge in [-0.2, -0.15) is 5.10 Å². The van der Waals surface area contributed by atoms with Crippen LogP contribution >= 0.6 is 15.9 Å². The van der Waals surface area contributed by atoms with Gasteiger partial charge < -0.3 is 5.32 Å². The minimum Gasteiger partial charge on any atom is -0.322 e. The highest BCUT2D eigenvalue weighted by atomic mass is 79.9. The van der Waals surface area contributed by atoms with Crippen molar-refractivity contribution in [2.24, 2.45) is 0 Å². The van der Waals surface area contributed by atoms with Gasteiger partial charge in [-0.3, -0.25) is 9.89 Å². The number of nitrogens with zero attached hydrogens (tertiary/aromatic N) is 2. The molecule has 3 rings (SSSR count). The molecule has 21 heavy (non-hydrogen) atoms. The molecule has 0 aliphatic carbocycles. The quantitative estimate of drug-likeness (QED) is 0.715. The second-order valence-corrected chi connectivity index (χ2v) is 5.10. The predicted octanol–water partition coefficient (Wildman–Crippen LogP) is 3.49. The monoisotopic (exact) mass is 342 g/mol. The number of hydrogen-bond donors (Lipinski definition) is 2. The topological polar surface area (TPSA) is 70.7 Å². The average Bonchev–Trinajstić information content (AvgIpc) is 3.02. The number of nitrogens with one attached hydrogen (secondary N) is 2. The van der Waals surface area contributed by atoms with Crippen LogP contribution in [0, 0.1) is 0 Å². The Morgan fingerprint density at radius 1 is 1.14 bits per heavy atom. The molecule has 0 aliphatic heterocycles. The molecule has 0 atom stereocenters. The summed E-state index contributed by atoms with van der Waals surface area (Å²) < 4.78 is 0.521. The lowest BCUT2D eigenvalue weighted by molar-refractivity contribution is 0.102. The fourth-order valence-corrected chi connectivity index (χ4v) is 2.37. The van der Waals surface area contributed by atoms with Crippen molar-refractivity contribution in [1.29, 1.82) is 0 Å². The van der Waals surface area contributed by atoms with Crippen LogP contribution in [0.3, 0.4) is 0 Å². The van der Waals surface area contributed by atoms with E-state index in [4.69, 9.17) is 0 Å². The van der Waals surface area contributed by atoms with Crippen LogP contribution in [-0.2, 0) is 0 Å². The summed E-state index contributed by atoms with van der Waals surface area (Å²) in [6, 6.07) is 12.9. The Hall–Kier alpha value is -2.47. The summed E-state index contributed by atoms with van der Waals surface area (Å²) >= 11 is 3.27. The van der Waals surface area contributed by atoms with Crippen molar-refractivity contribution in [3.8, 4) is 11.3 Å². The number of aromatic nitrogens is 3. The van der Waals surface area contributed by atoms with Gasteiger partial charge in [-0.05, 0) is 46.3 Å². The third-order valence-corrected chi connectivity index (χ3v) is 3.57. The van der Waals surface area contributed by atoms with Gasteiger partial charge in [0.25, 0.3) is 5.91 Å². The number of halogens is 1. The van der Waals surface area contributed by atoms with Gasteiger partial charge in [0, 0.05) is 23.6 Å². The van der Waals surface area contributed by atoms with Crippen LogP contribution in [0.25, 0.3) is 11.3 Å². The first-order valence-corrected chi connectivity index (χ1v) is 7.05. The summed E-state index contributed by atoms with van der Waals surface area (Å²) in [5.41, 5.74) is 3.05. The predicted molar refractivity (Wildman–Crippen MR) is 83.9 cm³/mol. The van der Waals surface area contributed by atoms with E-state index in [9.17, 15) is 4.79 Å². The Labute approximate surface area is 129 Å². The van der Waals surface area contributed by atoms with E-state index in [0.29, 0.717) is 15.9 Å². The molecule has 0 spiro atoms. The zero-order chi connectivity index (χ0) is 14.7. The van der Waals surface area contributed by atoms with E-state index < -0.39 is 0 Å². The minimum absolute atomic E-state index is 0.211. The third kappa shape index (κ3) is 3.00. The highest BCUT2D eigenvalue weighted by Crippen LogP contribution is 2.21. The van der Waals surface area contributed by atoms with E-state index in [2.05, 4.69) is 36.4 Å². The Bertz CT molecular complexity index is 771. The molecule has 0 saturated carbocycles. The minimum atomic E-state index is -0.211. The van der Waals surface area contributed by atoms with Crippen LogP contribution in [-0.4, -0.2) is 21.1 Å². The molecule has 5 nitrogen and oxygen atoms in total. The molecule has 1 amide bonds. The number of aromatic amines is 1. The molecular weight excluding hydrogens is 332 g/mol. The molecule has 0 aliphatic rings. The molecule has 0 radical (unpaired) electrons. The maximum Gasteiger partial charge on any atom is 0.258 e. The second-order valence-electron chi connectivity index (χ2n) is 4.35. The van der Waals surface area contributed by atoms with Crippen molar-refractivity contribution in [2.75, 3.05) is 5.32 Å². The largest absolute Gasteiger partial charge is 0.322 e. The van der Waals surface area contributed by atoms with E-state index in [1.807, 2.05) is 30.3 Å². The van der Waals surface area contributed by atoms with E-state index in [1.165, 1.54) is 0 Å². The summed E-state index contributed by atoms with van der Waals surface area (Å²) in [6.45, 7) is 0. The maximum atomic E-state index is 12.2. The first kappa shape index (κ1) is 13.5. The SMILES string of the molecule is O=C(Nc1cccc(-c2ccn[nH]2)c1)c1cccnc1Br. The molecule has 6 heteroatoms. The van der Waals surface area contributed by atoms with E-state index >= 15 is 0 Å². The van der Waals surface area contributed by atoms with Gasteiger partial charge in [0.2, 0.25) is 0 Å². The molecule has 0 unspecified atom stereocenters. The Morgan fingerprint density at radius 2 is 2.05 bits per heavy atom. The number of rotatable bonds is 3. The number of hydrogen-bond acceptors (Lipinski definition) is 3. The Morgan fingerprint density at radius 3 is 2.81 bits per heavy atom. The number of pyridine rings is 1. The van der Waals surface area contributed by atoms with E-state index in [0.717, 1.165) is 11.3 Å². The Kier molecular flexibility index (Phi) is 3.79. The standard InChI is InChI=1S/C15H11BrN4O/c16-14-12(5-2-7-17-14)15(21)19-11-4-1-3-10(9-11)13-6-8-18-20-13/h1-9H,(H,18,20)(H,19,21). The molecule has 2 N–H and O–H groups in total. The molecule has 0 fully saturated rings. The number of benzene rings is 1. The van der Waals surface area contributed by atoms with Gasteiger partial charge in [0.05, 0.1) is 11.3 Å². The molecule has 1 aromatic carbocycles. The molecule has 2 heterocycles. The zero-order valence-electron chi connectivity index (χ0n) is 10.9. The van der Waals surface area contributed by atoms with Gasteiger partial charge in [-0.1, -0.05) is 12.1 Å². The second kappa shape index (κ2) is 5.88. The molecule has 0 saturated heterocycles. The van der Waals surface area contributed by atoms with Gasteiger partial charge in [-0.15, -0.1) is 0 Å². The molecule has 2 aromatic heterocycles. The van der Waals surface area contributed by atoms with Crippen LogP contribution in [0.5, 0.6) is 0 Å². The highest BCUT2D eigenvalue weighted by molar-refractivity contribution is 9.10. The van der Waals surface area contributed by atoms with Gasteiger partial charge in [0.1, 0.15) is 4.60 Å². The number of H-pyrrole nitrogens is 1. The number of carbonyl (C=O) groups excluding carboxylic acids is 1. The highest BCUT2D eigenvalue weighted by Gasteiger charge is 2.11. The first-order chi connectivity index (χ1) is 10.2. The van der Waals surface area contributed by atoms with Crippen LogP contribution in [0.4, 0.5) is 5.69 Å². The first-order valence-electron chi connectivity index (χ1n) is 6.26. The summed E-state index contributed by atoms with van der Waals surface area (Å²) in [5.74, 6) is -0.211. The molecular formula is C15H11BrN4O. The van der Waals surface area contributed by atoms with E-state index in [-0.39, 0.29) is 5.91 Å². The molecule has 104 valence electrons. The number of amides is 1. The van der Waals surface area contributed by atoms with Crippen LogP contribution in [0.15, 0.2) is 59.5 Å². The summed E-state index contributed by atoms with van der Waals surface area (Å²) in [5, 5.41) is 9.67. The smallest absolute Gasteiger partial charge is 0.258 e. The lowest BCUT2D eigenvalue weighted by Gasteiger charge is -2.07. The van der Waals surface area contributed by atoms with Crippen LogP contribution < -0.4 is 5.32 Å². The fourth-order valence-electron chi connectivity index (χ4n) is 1.93.